The molecule has 0 saturated heterocycles. The van der Waals surface area contributed by atoms with Crippen LogP contribution >= 0.6 is 0 Å². The summed E-state index contributed by atoms with van der Waals surface area (Å²) in [6, 6.07) is 0. The fourth-order valence-electron chi connectivity index (χ4n) is 4.22. The standard InChI is InChI=1S/2C11H13.2ClH.Zr/c2*1-2-6-10(7-3-1)11-8-4-5-9-11;;;/h2*4-6H,1-3,7-8H2;2*1H;/q;;;;+2/p-2. The second-order valence-corrected chi connectivity index (χ2v) is 10.3. The second kappa shape index (κ2) is 10.3. The molecule has 132 valence electrons. The Bertz CT molecular complexity index is 616. The molecule has 0 aromatic rings. The normalized spacial score (nSPS) is 22.2. The third-order valence-corrected chi connectivity index (χ3v) is 9.12. The molecule has 0 heterocycles. The van der Waals surface area contributed by atoms with Gasteiger partial charge in [-0.25, -0.2) is 0 Å². The Kier molecular flexibility index (Phi) is 8.73. The molecular formula is C22H26Cl2Zr. The monoisotopic (exact) mass is 450 g/mol. The van der Waals surface area contributed by atoms with Crippen molar-refractivity contribution < 1.29 is 48.0 Å². The first-order chi connectivity index (χ1) is 11.4. The molecule has 4 rings (SSSR count). The molecule has 0 radical (unpaired) electrons. The first-order valence-corrected chi connectivity index (χ1v) is 11.8. The van der Waals surface area contributed by atoms with Crippen molar-refractivity contribution in [2.75, 3.05) is 0 Å². The number of allylic oxidation sites excluding steroid dienone is 12. The topological polar surface area (TPSA) is 0 Å². The molecule has 0 spiro atoms. The predicted octanol–water partition coefficient (Wildman–Crippen LogP) is 0.506. The van der Waals surface area contributed by atoms with E-state index in [0.717, 1.165) is 0 Å². The van der Waals surface area contributed by atoms with Crippen LogP contribution in [0.4, 0.5) is 0 Å². The summed E-state index contributed by atoms with van der Waals surface area (Å²) in [7, 11) is 0. The molecule has 3 heteroatoms. The molecule has 0 aromatic carbocycles. The molecule has 0 amide bonds. The van der Waals surface area contributed by atoms with Crippen molar-refractivity contribution in [1.82, 2.24) is 0 Å². The Morgan fingerprint density at radius 1 is 0.640 bits per heavy atom. The number of hydrogen-bond donors (Lipinski definition) is 0. The molecule has 0 bridgehead atoms. The van der Waals surface area contributed by atoms with Gasteiger partial charge in [0.25, 0.3) is 0 Å². The average Bonchev–Trinajstić information content (AvgIpc) is 3.26. The van der Waals surface area contributed by atoms with Crippen molar-refractivity contribution in [2.45, 2.75) is 64.2 Å². The SMILES string of the molecule is C1=C[C]([Zr+2][C]2=C(C3=CCCCC3)CC=C2)=C(C2=CCCCC2)C1.[Cl-].[Cl-]. The summed E-state index contributed by atoms with van der Waals surface area (Å²) in [6.45, 7) is 0. The average molecular weight is 453 g/mol. The van der Waals surface area contributed by atoms with Gasteiger partial charge in [0.15, 0.2) is 0 Å². The Labute approximate surface area is 176 Å². The van der Waals surface area contributed by atoms with E-state index >= 15 is 0 Å². The summed E-state index contributed by atoms with van der Waals surface area (Å²) in [4.78, 5) is 0. The maximum absolute atomic E-state index is 2.54. The summed E-state index contributed by atoms with van der Waals surface area (Å²) in [5.74, 6) is 0. The summed E-state index contributed by atoms with van der Waals surface area (Å²) in [5.41, 5.74) is 6.83. The van der Waals surface area contributed by atoms with E-state index in [1.165, 1.54) is 64.2 Å². The van der Waals surface area contributed by atoms with Crippen LogP contribution in [0.2, 0.25) is 0 Å². The van der Waals surface area contributed by atoms with Gasteiger partial charge in [-0.15, -0.1) is 0 Å². The van der Waals surface area contributed by atoms with Crippen LogP contribution in [0.15, 0.2) is 65.3 Å². The van der Waals surface area contributed by atoms with Crippen LogP contribution in [0.25, 0.3) is 0 Å². The van der Waals surface area contributed by atoms with Crippen molar-refractivity contribution in [1.29, 1.82) is 0 Å². The van der Waals surface area contributed by atoms with E-state index in [1.807, 2.05) is 0 Å². The molecule has 0 atom stereocenters. The van der Waals surface area contributed by atoms with Gasteiger partial charge in [0.05, 0.1) is 0 Å². The van der Waals surface area contributed by atoms with Crippen LogP contribution in [0, 0.1) is 0 Å². The van der Waals surface area contributed by atoms with Gasteiger partial charge in [0.1, 0.15) is 0 Å². The van der Waals surface area contributed by atoms with E-state index in [0.29, 0.717) is 0 Å². The van der Waals surface area contributed by atoms with Gasteiger partial charge in [-0.3, -0.25) is 0 Å². The van der Waals surface area contributed by atoms with E-state index < -0.39 is 23.2 Å². The molecule has 0 aliphatic heterocycles. The molecule has 0 unspecified atom stereocenters. The first-order valence-electron chi connectivity index (χ1n) is 9.37. The van der Waals surface area contributed by atoms with Crippen LogP contribution in [0.1, 0.15) is 64.2 Å². The van der Waals surface area contributed by atoms with E-state index in [9.17, 15) is 0 Å². The zero-order valence-electron chi connectivity index (χ0n) is 14.8. The molecule has 4 aliphatic carbocycles. The molecule has 0 fully saturated rings. The van der Waals surface area contributed by atoms with Gasteiger partial charge < -0.3 is 24.8 Å². The van der Waals surface area contributed by atoms with Crippen LogP contribution in [0.5, 0.6) is 0 Å². The first kappa shape index (κ1) is 21.2. The van der Waals surface area contributed by atoms with Crippen molar-refractivity contribution in [3.63, 3.8) is 0 Å². The van der Waals surface area contributed by atoms with Gasteiger partial charge >= 0.3 is 153 Å². The van der Waals surface area contributed by atoms with Crippen LogP contribution in [0.3, 0.4) is 0 Å². The van der Waals surface area contributed by atoms with Crippen LogP contribution < -0.4 is 24.8 Å². The van der Waals surface area contributed by atoms with Crippen LogP contribution in [-0.2, 0) is 23.2 Å². The number of hydrogen-bond acceptors (Lipinski definition) is 0. The maximum Gasteiger partial charge on any atom is -1.00 e. The van der Waals surface area contributed by atoms with E-state index in [-0.39, 0.29) is 24.8 Å². The van der Waals surface area contributed by atoms with Crippen molar-refractivity contribution in [3.05, 3.63) is 65.3 Å². The van der Waals surface area contributed by atoms with Crippen molar-refractivity contribution in [2.24, 2.45) is 0 Å². The third kappa shape index (κ3) is 5.00. The zero-order valence-corrected chi connectivity index (χ0v) is 18.8. The predicted molar refractivity (Wildman–Crippen MR) is 94.7 cm³/mol. The molecule has 25 heavy (non-hydrogen) atoms. The van der Waals surface area contributed by atoms with E-state index in [2.05, 4.69) is 36.5 Å². The van der Waals surface area contributed by atoms with Gasteiger partial charge in [-0.1, -0.05) is 0 Å². The summed E-state index contributed by atoms with van der Waals surface area (Å²) >= 11 is -0.644. The van der Waals surface area contributed by atoms with Gasteiger partial charge in [0, 0.05) is 0 Å². The van der Waals surface area contributed by atoms with Crippen LogP contribution in [-0.4, -0.2) is 0 Å². The Morgan fingerprint density at radius 3 is 1.52 bits per heavy atom. The fourth-order valence-corrected chi connectivity index (χ4v) is 7.96. The maximum atomic E-state index is 2.54. The van der Waals surface area contributed by atoms with Crippen molar-refractivity contribution in [3.8, 4) is 0 Å². The molecule has 0 nitrogen and oxygen atoms in total. The summed E-state index contributed by atoms with van der Waals surface area (Å²) in [5, 5.41) is 0. The minimum absolute atomic E-state index is 0. The molecular weight excluding hydrogens is 426 g/mol. The van der Waals surface area contributed by atoms with Gasteiger partial charge in [0.2, 0.25) is 0 Å². The number of rotatable bonds is 4. The Hall–Kier alpha value is -0.0969. The Balaban J connectivity index is 0.00000113. The molecule has 0 N–H and O–H groups in total. The van der Waals surface area contributed by atoms with E-state index in [4.69, 9.17) is 0 Å². The third-order valence-electron chi connectivity index (χ3n) is 5.49. The molecule has 4 aliphatic rings. The molecule has 0 saturated carbocycles. The fraction of sp³-hybridized carbons (Fsp3) is 0.455. The van der Waals surface area contributed by atoms with Crippen molar-refractivity contribution >= 4 is 0 Å². The minimum Gasteiger partial charge on any atom is -1.00 e. The summed E-state index contributed by atoms with van der Waals surface area (Å²) in [6.07, 6.45) is 28.1. The minimum atomic E-state index is -0.644. The quantitative estimate of drug-likeness (QED) is 0.583. The largest absolute Gasteiger partial charge is 1.00 e. The van der Waals surface area contributed by atoms with Gasteiger partial charge in [-0.2, -0.15) is 0 Å². The van der Waals surface area contributed by atoms with E-state index in [1.54, 1.807) is 28.9 Å². The van der Waals surface area contributed by atoms with Gasteiger partial charge in [-0.05, 0) is 0 Å². The second-order valence-electron chi connectivity index (χ2n) is 7.07. The smallest absolute Gasteiger partial charge is 1.00 e. The summed E-state index contributed by atoms with van der Waals surface area (Å²) < 4.78 is 3.52. The molecule has 0 aromatic heterocycles. The number of halogens is 2. The Morgan fingerprint density at radius 2 is 1.12 bits per heavy atom. The zero-order chi connectivity index (χ0) is 15.5.